The monoisotopic (exact) mass is 76.1 g/mol. The summed E-state index contributed by atoms with van der Waals surface area (Å²) in [7, 11) is 1.47. The Morgan fingerprint density at radius 3 is 2.20 bits per heavy atom. The van der Waals surface area contributed by atoms with E-state index in [1.807, 2.05) is 0 Å². The number of nitrogens with one attached hydrogen (secondary N) is 1. The van der Waals surface area contributed by atoms with Crippen LogP contribution in [0.15, 0.2) is 0 Å². The van der Waals surface area contributed by atoms with E-state index in [1.165, 1.54) is 7.05 Å². The molecule has 0 unspecified atom stereocenters. The van der Waals surface area contributed by atoms with Crippen LogP contribution in [-0.2, 0) is 0 Å². The molecule has 0 aromatic carbocycles. The molecule has 0 spiro atoms. The molecule has 2 amide bonds. The molecule has 0 fully saturated rings. The van der Waals surface area contributed by atoms with Crippen molar-refractivity contribution in [2.45, 2.75) is 0 Å². The summed E-state index contributed by atoms with van der Waals surface area (Å²) in [5.74, 6) is 0. The zero-order valence-electron chi connectivity index (χ0n) is 2.99. The van der Waals surface area contributed by atoms with Gasteiger partial charge in [-0.15, -0.1) is 0 Å². The van der Waals surface area contributed by atoms with Gasteiger partial charge >= 0.3 is 6.03 Å². The van der Waals surface area contributed by atoms with Crippen molar-refractivity contribution >= 4 is 6.03 Å². The Labute approximate surface area is 30.2 Å². The zero-order valence-corrected chi connectivity index (χ0v) is 2.99. The van der Waals surface area contributed by atoms with Gasteiger partial charge < -0.3 is 11.1 Å². The van der Waals surface area contributed by atoms with Crippen molar-refractivity contribution in [3.05, 3.63) is 0 Å². The summed E-state index contributed by atoms with van der Waals surface area (Å²) < 4.78 is 0. The molecule has 0 aromatic heterocycles. The average Bonchev–Trinajstić information content (AvgIpc) is 1.38. The molecular formula is C2H6N2O. The summed E-state index contributed by atoms with van der Waals surface area (Å²) in [6, 6.07) is -0.495. The van der Waals surface area contributed by atoms with E-state index < -0.39 is 6.03 Å². The van der Waals surface area contributed by atoms with E-state index in [0.717, 1.165) is 0 Å². The minimum absolute atomic E-state index is 0.495. The molecule has 0 saturated heterocycles. The molecule has 0 saturated carbocycles. The van der Waals surface area contributed by atoms with Crippen LogP contribution in [-0.4, -0.2) is 13.1 Å². The summed E-state index contributed by atoms with van der Waals surface area (Å²) in [6.07, 6.45) is 0. The number of rotatable bonds is 0. The van der Waals surface area contributed by atoms with Gasteiger partial charge in [0.2, 0.25) is 0 Å². The van der Waals surface area contributed by atoms with Crippen LogP contribution >= 0.6 is 0 Å². The molecule has 30 valence electrons. The number of nitrogens with two attached hydrogens (primary N) is 1. The highest BCUT2D eigenvalue weighted by Gasteiger charge is 1.72. The van der Waals surface area contributed by atoms with Crippen LogP contribution in [0.3, 0.4) is 0 Å². The number of carbonyl (C=O) groups is 1. The molecule has 0 atom stereocenters. The SMILES string of the molecule is [14CH3]NC(N)=O. The topological polar surface area (TPSA) is 55.1 Å². The lowest BCUT2D eigenvalue weighted by molar-refractivity contribution is 0.251. The number of primary amides is 1. The van der Waals surface area contributed by atoms with Crippen molar-refractivity contribution < 1.29 is 4.79 Å². The van der Waals surface area contributed by atoms with Gasteiger partial charge in [-0.1, -0.05) is 0 Å². The molecule has 0 rings (SSSR count). The predicted molar refractivity (Wildman–Crippen MR) is 18.6 cm³/mol. The Morgan fingerprint density at radius 2 is 2.20 bits per heavy atom. The van der Waals surface area contributed by atoms with E-state index in [-0.39, 0.29) is 0 Å². The second-order valence-electron chi connectivity index (χ2n) is 0.614. The first-order valence-electron chi connectivity index (χ1n) is 1.24. The normalized spacial score (nSPS) is 6.60. The first-order valence-corrected chi connectivity index (χ1v) is 1.24. The molecule has 0 aliphatic carbocycles. The molecule has 0 aromatic rings. The van der Waals surface area contributed by atoms with Crippen LogP contribution in [0.2, 0.25) is 0 Å². The van der Waals surface area contributed by atoms with Crippen LogP contribution in [0.1, 0.15) is 0 Å². The number of amides is 2. The smallest absolute Gasteiger partial charge is 0.311 e. The maximum Gasteiger partial charge on any atom is 0.311 e. The largest absolute Gasteiger partial charge is 0.352 e. The van der Waals surface area contributed by atoms with E-state index in [0.29, 0.717) is 0 Å². The van der Waals surface area contributed by atoms with Gasteiger partial charge in [-0.25, -0.2) is 4.79 Å². The maximum absolute atomic E-state index is 9.48. The average molecular weight is 76.1 g/mol. The molecule has 5 heavy (non-hydrogen) atoms. The molecule has 0 radical (unpaired) electrons. The fourth-order valence-corrected chi connectivity index (χ4v) is 0. The Hall–Kier alpha value is -0.730. The van der Waals surface area contributed by atoms with Gasteiger partial charge in [0.25, 0.3) is 0 Å². The Morgan fingerprint density at radius 1 is 2.00 bits per heavy atom. The van der Waals surface area contributed by atoms with Crippen LogP contribution < -0.4 is 11.1 Å². The summed E-state index contributed by atoms with van der Waals surface area (Å²) >= 11 is 0. The van der Waals surface area contributed by atoms with Gasteiger partial charge in [-0.05, 0) is 0 Å². The van der Waals surface area contributed by atoms with Gasteiger partial charge in [0.05, 0.1) is 0 Å². The van der Waals surface area contributed by atoms with Crippen molar-refractivity contribution in [2.75, 3.05) is 7.05 Å². The molecular weight excluding hydrogens is 70.0 g/mol. The van der Waals surface area contributed by atoms with Crippen molar-refractivity contribution in [2.24, 2.45) is 5.73 Å². The van der Waals surface area contributed by atoms with Gasteiger partial charge in [-0.3, -0.25) is 0 Å². The third kappa shape index (κ3) is 3.27. The Balaban J connectivity index is 2.85. The van der Waals surface area contributed by atoms with Crippen LogP contribution in [0, 0.1) is 0 Å². The second-order valence-corrected chi connectivity index (χ2v) is 0.614. The lowest BCUT2D eigenvalue weighted by Crippen LogP contribution is -2.24. The first kappa shape index (κ1) is 4.27. The highest BCUT2D eigenvalue weighted by Crippen LogP contribution is 1.38. The fourth-order valence-electron chi connectivity index (χ4n) is 0. The summed E-state index contributed by atoms with van der Waals surface area (Å²) in [5.41, 5.74) is 4.54. The highest BCUT2D eigenvalue weighted by atomic mass is 16.2. The first-order chi connectivity index (χ1) is 2.27. The predicted octanol–water partition coefficient (Wildman–Crippen LogP) is -0.716. The molecule has 3 nitrogen and oxygen atoms in total. The van der Waals surface area contributed by atoms with Gasteiger partial charge in [-0.2, -0.15) is 0 Å². The Kier molecular flexibility index (Phi) is 1.35. The lowest BCUT2D eigenvalue weighted by Gasteiger charge is -1.80. The standard InChI is InChI=1S/C2H6N2O/c1-4-2(3)5/h1H3,(H3,3,4,5)/i1+2. The maximum atomic E-state index is 9.48. The van der Waals surface area contributed by atoms with Crippen LogP contribution in [0.25, 0.3) is 0 Å². The third-order valence-corrected chi connectivity index (χ3v) is 0.246. The van der Waals surface area contributed by atoms with Gasteiger partial charge in [0, 0.05) is 7.05 Å². The van der Waals surface area contributed by atoms with Crippen molar-refractivity contribution in [1.82, 2.24) is 5.32 Å². The zero-order chi connectivity index (χ0) is 4.28. The second kappa shape index (κ2) is 1.58. The molecule has 0 bridgehead atoms. The molecule has 0 aliphatic rings. The minimum Gasteiger partial charge on any atom is -0.352 e. The summed E-state index contributed by atoms with van der Waals surface area (Å²) in [5, 5.41) is 2.17. The molecule has 3 N–H and O–H groups in total. The van der Waals surface area contributed by atoms with E-state index in [2.05, 4.69) is 11.1 Å². The number of hydrogen-bond acceptors (Lipinski definition) is 1. The summed E-state index contributed by atoms with van der Waals surface area (Å²) in [6.45, 7) is 0. The molecule has 0 aliphatic heterocycles. The van der Waals surface area contributed by atoms with E-state index >= 15 is 0 Å². The lowest BCUT2D eigenvalue weighted by atomic mass is 11.2. The van der Waals surface area contributed by atoms with Crippen LogP contribution in [0.5, 0.6) is 0 Å². The van der Waals surface area contributed by atoms with Crippen molar-refractivity contribution in [3.63, 3.8) is 0 Å². The van der Waals surface area contributed by atoms with Crippen molar-refractivity contribution in [3.8, 4) is 0 Å². The van der Waals surface area contributed by atoms with Gasteiger partial charge in [0.1, 0.15) is 0 Å². The fraction of sp³-hybridized carbons (Fsp3) is 0.500. The minimum atomic E-state index is -0.495. The number of urea groups is 1. The Bertz CT molecular complexity index is 42.9. The van der Waals surface area contributed by atoms with E-state index in [1.54, 1.807) is 0 Å². The quantitative estimate of drug-likeness (QED) is 0.393. The van der Waals surface area contributed by atoms with Crippen LogP contribution in [0.4, 0.5) is 4.79 Å². The third-order valence-electron chi connectivity index (χ3n) is 0.246. The molecule has 0 heterocycles. The molecule has 3 heteroatoms. The van der Waals surface area contributed by atoms with E-state index in [4.69, 9.17) is 0 Å². The van der Waals surface area contributed by atoms with E-state index in [9.17, 15) is 4.79 Å². The number of hydrogen-bond donors (Lipinski definition) is 2. The summed E-state index contributed by atoms with van der Waals surface area (Å²) in [4.78, 5) is 9.48. The highest BCUT2D eigenvalue weighted by molar-refractivity contribution is 5.71. The van der Waals surface area contributed by atoms with Crippen molar-refractivity contribution in [1.29, 1.82) is 0 Å². The number of carbonyl (C=O) groups excluding carboxylic acids is 1. The van der Waals surface area contributed by atoms with Gasteiger partial charge in [0.15, 0.2) is 0 Å².